The molecule has 0 aliphatic rings. The predicted octanol–water partition coefficient (Wildman–Crippen LogP) is 3.22. The number of rotatable bonds is 3. The molecule has 14 heavy (non-hydrogen) atoms. The van der Waals surface area contributed by atoms with Crippen LogP contribution in [0.25, 0.3) is 0 Å². The average Bonchev–Trinajstić information content (AvgIpc) is 2.08. The number of aryl methyl sites for hydroxylation is 1. The normalized spacial score (nSPS) is 12.6. The average molecular weight is 194 g/mol. The van der Waals surface area contributed by atoms with E-state index < -0.39 is 0 Å². The Morgan fingerprint density at radius 1 is 1.50 bits per heavy atom. The quantitative estimate of drug-likeness (QED) is 0.722. The van der Waals surface area contributed by atoms with Gasteiger partial charge in [0.25, 0.3) is 0 Å². The van der Waals surface area contributed by atoms with Gasteiger partial charge in [-0.05, 0) is 43.0 Å². The van der Waals surface area contributed by atoms with Crippen molar-refractivity contribution in [2.75, 3.05) is 0 Å². The van der Waals surface area contributed by atoms with E-state index in [1.165, 1.54) is 12.1 Å². The highest BCUT2D eigenvalue weighted by Crippen LogP contribution is 2.23. The molecule has 76 valence electrons. The van der Waals surface area contributed by atoms with E-state index in [-0.39, 0.29) is 17.5 Å². The molecule has 0 aromatic heterocycles. The summed E-state index contributed by atoms with van der Waals surface area (Å²) in [6.07, 6.45) is 0.476. The van der Waals surface area contributed by atoms with Gasteiger partial charge in [-0.15, -0.1) is 0 Å². The van der Waals surface area contributed by atoms with E-state index in [0.29, 0.717) is 6.42 Å². The summed E-state index contributed by atoms with van der Waals surface area (Å²) in [4.78, 5) is 10.9. The minimum Gasteiger partial charge on any atom is -0.300 e. The molecular weight excluding hydrogens is 179 g/mol. The first-order valence-electron chi connectivity index (χ1n) is 4.76. The van der Waals surface area contributed by atoms with Crippen LogP contribution < -0.4 is 0 Å². The van der Waals surface area contributed by atoms with E-state index in [4.69, 9.17) is 0 Å². The van der Waals surface area contributed by atoms with Crippen molar-refractivity contribution in [3.63, 3.8) is 0 Å². The Morgan fingerprint density at radius 3 is 2.71 bits per heavy atom. The number of carbonyl (C=O) groups excluding carboxylic acids is 1. The zero-order valence-corrected chi connectivity index (χ0v) is 8.80. The second kappa shape index (κ2) is 4.36. The minimum absolute atomic E-state index is 0.100. The number of Topliss-reactive ketones (excluding diaryl/α,β-unsaturated/α-hetero) is 1. The molecular formula is C12H15FO. The molecule has 1 rings (SSSR count). The standard InChI is InChI=1S/C12H15FO/c1-8-4-5-11(13)7-12(8)9(2)6-10(3)14/h4-5,7,9H,6H2,1-3H3. The molecule has 1 atom stereocenters. The molecule has 0 spiro atoms. The van der Waals surface area contributed by atoms with Gasteiger partial charge in [0.2, 0.25) is 0 Å². The summed E-state index contributed by atoms with van der Waals surface area (Å²) in [6, 6.07) is 4.71. The van der Waals surface area contributed by atoms with E-state index in [1.807, 2.05) is 13.8 Å². The van der Waals surface area contributed by atoms with Gasteiger partial charge in [0.15, 0.2) is 0 Å². The van der Waals surface area contributed by atoms with E-state index in [0.717, 1.165) is 11.1 Å². The van der Waals surface area contributed by atoms with Crippen LogP contribution in [0, 0.1) is 12.7 Å². The minimum atomic E-state index is -0.235. The lowest BCUT2D eigenvalue weighted by molar-refractivity contribution is -0.117. The summed E-state index contributed by atoms with van der Waals surface area (Å²) in [5.74, 6) is 0.00497. The van der Waals surface area contributed by atoms with Crippen LogP contribution >= 0.6 is 0 Å². The highest BCUT2D eigenvalue weighted by atomic mass is 19.1. The van der Waals surface area contributed by atoms with Gasteiger partial charge in [-0.2, -0.15) is 0 Å². The molecule has 0 heterocycles. The van der Waals surface area contributed by atoms with Crippen LogP contribution in [0.2, 0.25) is 0 Å². The van der Waals surface area contributed by atoms with Gasteiger partial charge >= 0.3 is 0 Å². The van der Waals surface area contributed by atoms with Crippen LogP contribution in [0.5, 0.6) is 0 Å². The van der Waals surface area contributed by atoms with Crippen molar-refractivity contribution >= 4 is 5.78 Å². The highest BCUT2D eigenvalue weighted by Gasteiger charge is 2.11. The number of hydrogen-bond donors (Lipinski definition) is 0. The van der Waals surface area contributed by atoms with Crippen LogP contribution in [0.1, 0.15) is 37.3 Å². The molecule has 1 aromatic carbocycles. The van der Waals surface area contributed by atoms with Crippen molar-refractivity contribution in [1.29, 1.82) is 0 Å². The van der Waals surface area contributed by atoms with Crippen molar-refractivity contribution in [2.24, 2.45) is 0 Å². The molecule has 0 fully saturated rings. The maximum absolute atomic E-state index is 13.0. The summed E-state index contributed by atoms with van der Waals surface area (Å²) in [6.45, 7) is 5.44. The summed E-state index contributed by atoms with van der Waals surface area (Å²) in [5, 5.41) is 0. The fourth-order valence-electron chi connectivity index (χ4n) is 1.68. The third-order valence-corrected chi connectivity index (χ3v) is 2.37. The molecule has 1 unspecified atom stereocenters. The van der Waals surface area contributed by atoms with Crippen molar-refractivity contribution in [2.45, 2.75) is 33.1 Å². The van der Waals surface area contributed by atoms with Gasteiger partial charge in [-0.1, -0.05) is 13.0 Å². The topological polar surface area (TPSA) is 17.1 Å². The predicted molar refractivity (Wildman–Crippen MR) is 54.9 cm³/mol. The Balaban J connectivity index is 2.93. The number of hydrogen-bond acceptors (Lipinski definition) is 1. The monoisotopic (exact) mass is 194 g/mol. The van der Waals surface area contributed by atoms with Crippen molar-refractivity contribution in [3.05, 3.63) is 35.1 Å². The smallest absolute Gasteiger partial charge is 0.130 e. The zero-order valence-electron chi connectivity index (χ0n) is 8.80. The summed E-state index contributed by atoms with van der Waals surface area (Å²) < 4.78 is 13.0. The Morgan fingerprint density at radius 2 is 2.14 bits per heavy atom. The second-order valence-electron chi connectivity index (χ2n) is 3.81. The molecule has 0 amide bonds. The van der Waals surface area contributed by atoms with Gasteiger partial charge in [0.1, 0.15) is 11.6 Å². The lowest BCUT2D eigenvalue weighted by Gasteiger charge is -2.12. The van der Waals surface area contributed by atoms with Gasteiger partial charge in [-0.25, -0.2) is 4.39 Å². The molecule has 0 N–H and O–H groups in total. The Hall–Kier alpha value is -1.18. The molecule has 0 bridgehead atoms. The first-order valence-corrected chi connectivity index (χ1v) is 4.76. The maximum atomic E-state index is 13.0. The molecule has 2 heteroatoms. The SMILES string of the molecule is CC(=O)CC(C)c1cc(F)ccc1C. The number of carbonyl (C=O) groups is 1. The lowest BCUT2D eigenvalue weighted by Crippen LogP contribution is -2.02. The van der Waals surface area contributed by atoms with Gasteiger partial charge in [0, 0.05) is 6.42 Å². The summed E-state index contributed by atoms with van der Waals surface area (Å²) >= 11 is 0. The lowest BCUT2D eigenvalue weighted by atomic mass is 9.92. The Kier molecular flexibility index (Phi) is 3.39. The number of benzene rings is 1. The van der Waals surface area contributed by atoms with Gasteiger partial charge in [0.05, 0.1) is 0 Å². The summed E-state index contributed by atoms with van der Waals surface area (Å²) in [7, 11) is 0. The molecule has 0 aliphatic carbocycles. The zero-order chi connectivity index (χ0) is 10.7. The first kappa shape index (κ1) is 10.9. The molecule has 0 saturated carbocycles. The van der Waals surface area contributed by atoms with E-state index in [9.17, 15) is 9.18 Å². The van der Waals surface area contributed by atoms with E-state index in [2.05, 4.69) is 0 Å². The fourth-order valence-corrected chi connectivity index (χ4v) is 1.68. The van der Waals surface area contributed by atoms with Crippen LogP contribution in [-0.4, -0.2) is 5.78 Å². The Bertz CT molecular complexity index is 344. The van der Waals surface area contributed by atoms with Crippen molar-refractivity contribution in [3.8, 4) is 0 Å². The molecule has 0 radical (unpaired) electrons. The largest absolute Gasteiger partial charge is 0.300 e. The fraction of sp³-hybridized carbons (Fsp3) is 0.417. The van der Waals surface area contributed by atoms with Gasteiger partial charge in [-0.3, -0.25) is 0 Å². The van der Waals surface area contributed by atoms with Crippen LogP contribution in [-0.2, 0) is 4.79 Å². The van der Waals surface area contributed by atoms with Crippen LogP contribution in [0.4, 0.5) is 4.39 Å². The molecule has 0 saturated heterocycles. The third-order valence-electron chi connectivity index (χ3n) is 2.37. The number of ketones is 1. The maximum Gasteiger partial charge on any atom is 0.130 e. The van der Waals surface area contributed by atoms with Gasteiger partial charge < -0.3 is 4.79 Å². The Labute approximate surface area is 83.9 Å². The van der Waals surface area contributed by atoms with E-state index in [1.54, 1.807) is 13.0 Å². The van der Waals surface area contributed by atoms with E-state index >= 15 is 0 Å². The first-order chi connectivity index (χ1) is 6.50. The highest BCUT2D eigenvalue weighted by molar-refractivity contribution is 5.76. The second-order valence-corrected chi connectivity index (χ2v) is 3.81. The molecule has 1 nitrogen and oxygen atoms in total. The van der Waals surface area contributed by atoms with Crippen LogP contribution in [0.3, 0.4) is 0 Å². The molecule has 0 aliphatic heterocycles. The van der Waals surface area contributed by atoms with Crippen molar-refractivity contribution < 1.29 is 9.18 Å². The third kappa shape index (κ3) is 2.66. The molecule has 1 aromatic rings. The van der Waals surface area contributed by atoms with Crippen molar-refractivity contribution in [1.82, 2.24) is 0 Å². The van der Waals surface area contributed by atoms with Crippen LogP contribution in [0.15, 0.2) is 18.2 Å². The number of halogens is 1. The summed E-state index contributed by atoms with van der Waals surface area (Å²) in [5.41, 5.74) is 1.97.